The number of ketones is 1. The molecule has 0 atom stereocenters. The number of hydrogen-bond acceptors (Lipinski definition) is 3. The third kappa shape index (κ3) is 1.57. The number of ether oxygens (including phenoxy) is 1. The van der Waals surface area contributed by atoms with Crippen LogP contribution in [0.3, 0.4) is 0 Å². The third-order valence-corrected chi connectivity index (χ3v) is 4.11. The molecule has 0 amide bonds. The van der Waals surface area contributed by atoms with Crippen LogP contribution >= 0.6 is 0 Å². The molecule has 0 saturated carbocycles. The maximum atomic E-state index is 12.3. The van der Waals surface area contributed by atoms with Gasteiger partial charge in [0.25, 0.3) is 0 Å². The Hall–Kier alpha value is -1.35. The van der Waals surface area contributed by atoms with Crippen LogP contribution in [0.1, 0.15) is 30.4 Å². The number of hydrogen-bond donors (Lipinski definition) is 1. The van der Waals surface area contributed by atoms with Gasteiger partial charge < -0.3 is 9.84 Å². The summed E-state index contributed by atoms with van der Waals surface area (Å²) in [5.41, 5.74) is 1.87. The van der Waals surface area contributed by atoms with Gasteiger partial charge in [0.05, 0.1) is 5.41 Å². The fourth-order valence-corrected chi connectivity index (χ4v) is 3.13. The molecule has 0 aromatic heterocycles. The molecule has 3 nitrogen and oxygen atoms in total. The molecule has 90 valence electrons. The Morgan fingerprint density at radius 2 is 1.94 bits per heavy atom. The van der Waals surface area contributed by atoms with E-state index in [2.05, 4.69) is 0 Å². The summed E-state index contributed by atoms with van der Waals surface area (Å²) < 4.78 is 5.38. The van der Waals surface area contributed by atoms with Crippen molar-refractivity contribution < 1.29 is 14.6 Å². The van der Waals surface area contributed by atoms with E-state index < -0.39 is 0 Å². The van der Waals surface area contributed by atoms with Gasteiger partial charge in [-0.1, -0.05) is 6.07 Å². The number of phenolic OH excluding ortho intramolecular Hbond substituents is 1. The van der Waals surface area contributed by atoms with E-state index in [0.717, 1.165) is 24.8 Å². The molecular formula is C14H16O3. The van der Waals surface area contributed by atoms with Crippen LogP contribution in [0.25, 0.3) is 0 Å². The van der Waals surface area contributed by atoms with E-state index in [1.54, 1.807) is 12.1 Å². The van der Waals surface area contributed by atoms with Gasteiger partial charge in [-0.25, -0.2) is 0 Å². The molecule has 1 aliphatic carbocycles. The number of carbonyl (C=O) groups excluding carboxylic acids is 1. The highest BCUT2D eigenvalue weighted by atomic mass is 16.5. The topological polar surface area (TPSA) is 46.5 Å². The highest BCUT2D eigenvalue weighted by Gasteiger charge is 2.44. The van der Waals surface area contributed by atoms with Crippen LogP contribution in [0.2, 0.25) is 0 Å². The van der Waals surface area contributed by atoms with Crippen molar-refractivity contribution >= 4 is 5.78 Å². The van der Waals surface area contributed by atoms with Gasteiger partial charge in [-0.15, -0.1) is 0 Å². The fourth-order valence-electron chi connectivity index (χ4n) is 3.13. The van der Waals surface area contributed by atoms with E-state index in [1.165, 1.54) is 5.56 Å². The number of Topliss-reactive ketones (excluding diaryl/α,β-unsaturated/α-hetero) is 1. The van der Waals surface area contributed by atoms with Crippen molar-refractivity contribution in [2.45, 2.75) is 31.1 Å². The Morgan fingerprint density at radius 3 is 2.71 bits per heavy atom. The first-order valence-corrected chi connectivity index (χ1v) is 6.16. The van der Waals surface area contributed by atoms with Gasteiger partial charge in [0.1, 0.15) is 11.5 Å². The quantitative estimate of drug-likeness (QED) is 0.743. The molecule has 1 fully saturated rings. The van der Waals surface area contributed by atoms with Gasteiger partial charge in [0, 0.05) is 19.6 Å². The first kappa shape index (κ1) is 10.8. The summed E-state index contributed by atoms with van der Waals surface area (Å²) >= 11 is 0. The lowest BCUT2D eigenvalue weighted by Crippen LogP contribution is -2.44. The second-order valence-electron chi connectivity index (χ2n) is 4.96. The highest BCUT2D eigenvalue weighted by Crippen LogP contribution is 2.43. The predicted molar refractivity (Wildman–Crippen MR) is 63.2 cm³/mol. The summed E-state index contributed by atoms with van der Waals surface area (Å²) in [6, 6.07) is 5.44. The van der Waals surface area contributed by atoms with Crippen molar-refractivity contribution in [2.75, 3.05) is 13.2 Å². The summed E-state index contributed by atoms with van der Waals surface area (Å²) in [6.07, 6.45) is 2.93. The molecule has 1 aromatic carbocycles. The normalized spacial score (nSPS) is 22.5. The van der Waals surface area contributed by atoms with E-state index in [1.807, 2.05) is 6.07 Å². The van der Waals surface area contributed by atoms with Crippen LogP contribution in [0.5, 0.6) is 5.75 Å². The Bertz CT molecular complexity index is 459. The Kier molecular flexibility index (Phi) is 2.44. The van der Waals surface area contributed by atoms with Crippen molar-refractivity contribution in [1.29, 1.82) is 0 Å². The summed E-state index contributed by atoms with van der Waals surface area (Å²) in [5, 5.41) is 9.65. The highest BCUT2D eigenvalue weighted by molar-refractivity contribution is 5.92. The molecule has 1 aromatic rings. The summed E-state index contributed by atoms with van der Waals surface area (Å²) in [5.74, 6) is 0.572. The average Bonchev–Trinajstić information content (AvgIpc) is 2.36. The molecule has 3 rings (SSSR count). The average molecular weight is 232 g/mol. The van der Waals surface area contributed by atoms with Crippen molar-refractivity contribution in [3.8, 4) is 5.75 Å². The second-order valence-corrected chi connectivity index (χ2v) is 4.96. The van der Waals surface area contributed by atoms with Crippen LogP contribution in [0, 0.1) is 0 Å². The molecule has 2 aliphatic rings. The molecule has 1 saturated heterocycles. The zero-order valence-corrected chi connectivity index (χ0v) is 9.74. The minimum atomic E-state index is -0.384. The smallest absolute Gasteiger partial charge is 0.143 e. The third-order valence-electron chi connectivity index (χ3n) is 4.11. The summed E-state index contributed by atoms with van der Waals surface area (Å²) in [4.78, 5) is 12.3. The van der Waals surface area contributed by atoms with Crippen LogP contribution < -0.4 is 0 Å². The molecule has 1 aliphatic heterocycles. The molecule has 0 unspecified atom stereocenters. The van der Waals surface area contributed by atoms with Gasteiger partial charge in [-0.3, -0.25) is 4.79 Å². The van der Waals surface area contributed by atoms with Crippen LogP contribution in [-0.4, -0.2) is 24.1 Å². The van der Waals surface area contributed by atoms with Crippen molar-refractivity contribution in [3.63, 3.8) is 0 Å². The summed E-state index contributed by atoms with van der Waals surface area (Å²) in [6.45, 7) is 1.28. The number of fused-ring (bicyclic) bond motifs is 2. The number of aryl methyl sites for hydroxylation is 1. The van der Waals surface area contributed by atoms with E-state index in [-0.39, 0.29) is 11.2 Å². The van der Waals surface area contributed by atoms with E-state index in [0.29, 0.717) is 25.4 Å². The number of aromatic hydroxyl groups is 1. The van der Waals surface area contributed by atoms with Crippen molar-refractivity contribution in [1.82, 2.24) is 0 Å². The van der Waals surface area contributed by atoms with Crippen molar-refractivity contribution in [2.24, 2.45) is 0 Å². The molecule has 0 bridgehead atoms. The molecule has 1 N–H and O–H groups in total. The monoisotopic (exact) mass is 232 g/mol. The second kappa shape index (κ2) is 3.84. The van der Waals surface area contributed by atoms with Gasteiger partial charge in [0.2, 0.25) is 0 Å². The van der Waals surface area contributed by atoms with Crippen LogP contribution in [0.4, 0.5) is 0 Å². The molecule has 17 heavy (non-hydrogen) atoms. The number of rotatable bonds is 0. The Morgan fingerprint density at radius 1 is 1.18 bits per heavy atom. The lowest BCUT2D eigenvalue weighted by molar-refractivity contribution is -0.128. The fraction of sp³-hybridized carbons (Fsp3) is 0.500. The van der Waals surface area contributed by atoms with Gasteiger partial charge in [-0.2, -0.15) is 0 Å². The van der Waals surface area contributed by atoms with Gasteiger partial charge in [0.15, 0.2) is 0 Å². The Labute approximate surface area is 100 Å². The number of phenols is 1. The molecule has 3 heteroatoms. The zero-order chi connectivity index (χ0) is 11.9. The lowest BCUT2D eigenvalue weighted by Gasteiger charge is -2.40. The molecule has 1 heterocycles. The first-order valence-electron chi connectivity index (χ1n) is 6.16. The SMILES string of the molecule is O=C1CCc2ccc(O)cc2C12CCOCC2. The number of benzene rings is 1. The van der Waals surface area contributed by atoms with Crippen molar-refractivity contribution in [3.05, 3.63) is 29.3 Å². The largest absolute Gasteiger partial charge is 0.508 e. The molecule has 0 radical (unpaired) electrons. The maximum absolute atomic E-state index is 12.3. The van der Waals surface area contributed by atoms with Crippen LogP contribution in [-0.2, 0) is 21.4 Å². The minimum Gasteiger partial charge on any atom is -0.508 e. The minimum absolute atomic E-state index is 0.254. The van der Waals surface area contributed by atoms with E-state index in [9.17, 15) is 9.90 Å². The number of carbonyl (C=O) groups is 1. The van der Waals surface area contributed by atoms with Gasteiger partial charge in [-0.05, 0) is 42.5 Å². The summed E-state index contributed by atoms with van der Waals surface area (Å²) in [7, 11) is 0. The van der Waals surface area contributed by atoms with E-state index >= 15 is 0 Å². The molecule has 1 spiro atoms. The maximum Gasteiger partial charge on any atom is 0.143 e. The molecular weight excluding hydrogens is 216 g/mol. The standard InChI is InChI=1S/C14H16O3/c15-11-3-1-10-2-4-13(16)14(12(10)9-11)5-7-17-8-6-14/h1,3,9,15H,2,4-8H2. The van der Waals surface area contributed by atoms with E-state index in [4.69, 9.17) is 4.74 Å². The van der Waals surface area contributed by atoms with Crippen LogP contribution in [0.15, 0.2) is 18.2 Å². The van der Waals surface area contributed by atoms with Gasteiger partial charge >= 0.3 is 0 Å². The lowest BCUT2D eigenvalue weighted by atomic mass is 9.65. The predicted octanol–water partition coefficient (Wildman–Crippen LogP) is 1.96. The first-order chi connectivity index (χ1) is 8.22. The Balaban J connectivity index is 2.14. The zero-order valence-electron chi connectivity index (χ0n) is 9.74.